The molecule has 0 fully saturated rings. The molecule has 0 radical (unpaired) electrons. The molecule has 0 aromatic rings. The fourth-order valence-corrected chi connectivity index (χ4v) is 0. The van der Waals surface area contributed by atoms with Crippen molar-refractivity contribution in [1.29, 1.82) is 0 Å². The monoisotopic (exact) mass is 383 g/mol. The summed E-state index contributed by atoms with van der Waals surface area (Å²) in [6.07, 6.45) is 0. The Hall–Kier alpha value is -0.356. The van der Waals surface area contributed by atoms with Crippen molar-refractivity contribution in [2.45, 2.75) is 0 Å². The van der Waals surface area contributed by atoms with E-state index in [9.17, 15) is 0 Å². The maximum atomic E-state index is 7.27. The molecule has 0 spiro atoms. The van der Waals surface area contributed by atoms with Crippen LogP contribution in [0.3, 0.4) is 0 Å². The zero-order valence-electron chi connectivity index (χ0n) is 7.15. The number of azide groups is 1. The van der Waals surface area contributed by atoms with E-state index in [1.54, 1.807) is 0 Å². The molecule has 0 saturated heterocycles. The topological polar surface area (TPSA) is 166 Å². The summed E-state index contributed by atoms with van der Waals surface area (Å²) in [7, 11) is 2.81. The predicted octanol–water partition coefficient (Wildman–Crippen LogP) is 3.27. The van der Waals surface area contributed by atoms with Gasteiger partial charge in [0.05, 0.1) is 0 Å². The Balaban J connectivity index is -0.0000000128. The minimum Gasteiger partial charge on any atom is -0.373 e. The summed E-state index contributed by atoms with van der Waals surface area (Å²) in [5, 5.41) is 2.67. The van der Waals surface area contributed by atoms with Crippen LogP contribution in [-0.2, 0) is 54.6 Å². The van der Waals surface area contributed by atoms with Gasteiger partial charge in [-0.3, -0.25) is 14.9 Å². The summed E-state index contributed by atoms with van der Waals surface area (Å²) in [4.78, 5) is 5.25. The molecule has 13 heavy (non-hydrogen) atoms. The van der Waals surface area contributed by atoms with Crippen molar-refractivity contribution < 1.29 is 54.6 Å². The number of rotatable bonds is 0. The molecule has 0 N–H and O–H groups in total. The van der Waals surface area contributed by atoms with Gasteiger partial charge in [-0.25, -0.2) is 0 Å². The molecule has 0 aromatic heterocycles. The van der Waals surface area contributed by atoms with E-state index >= 15 is 0 Å². The fraction of sp³-hybridized carbons (Fsp3) is 0. The van der Waals surface area contributed by atoms with Gasteiger partial charge in [0, 0.05) is 0 Å². The van der Waals surface area contributed by atoms with E-state index in [2.05, 4.69) is 17.1 Å². The average molecular weight is 380 g/mol. The Morgan fingerprint density at radius 3 is 0.923 bits per heavy atom. The van der Waals surface area contributed by atoms with E-state index < -0.39 is 0 Å². The molecule has 0 aromatic carbocycles. The maximum Gasteiger partial charge on any atom is 2.00 e. The van der Waals surface area contributed by atoms with Gasteiger partial charge >= 0.3 is 54.6 Å². The van der Waals surface area contributed by atoms with Crippen LogP contribution < -0.4 is 0 Å². The summed E-state index contributed by atoms with van der Waals surface area (Å²) >= 11 is 0. The van der Waals surface area contributed by atoms with Crippen LogP contribution in [0.5, 0.6) is 0 Å². The van der Waals surface area contributed by atoms with Crippen LogP contribution in [0.15, 0.2) is 5.11 Å². The molecule has 0 aliphatic carbocycles. The summed E-state index contributed by atoms with van der Waals surface area (Å²) in [5.74, 6) is 0. The largest absolute Gasteiger partial charge is 2.00 e. The van der Waals surface area contributed by atoms with E-state index in [1.807, 2.05) is 0 Å². The second-order valence-electron chi connectivity index (χ2n) is 0.410. The molecule has 62 valence electrons. The first-order valence-electron chi connectivity index (χ1n) is 1.52. The molecular weight excluding hydrogens is 375 g/mol. The van der Waals surface area contributed by atoms with Crippen LogP contribution >= 0.6 is 0 Å². The molecule has 9 nitrogen and oxygen atoms in total. The van der Waals surface area contributed by atoms with E-state index in [1.165, 1.54) is 9.82 Å². The summed E-state index contributed by atoms with van der Waals surface area (Å²) in [5.41, 5.74) is 34.3. The quantitative estimate of drug-likeness (QED) is 0.198. The van der Waals surface area contributed by atoms with Crippen LogP contribution in [0, 0.1) is 14.5 Å². The summed E-state index contributed by atoms with van der Waals surface area (Å²) < 4.78 is 0. The average Bonchev–Trinajstić information content (AvgIpc) is 1.91. The van der Waals surface area contributed by atoms with Crippen molar-refractivity contribution in [3.63, 3.8) is 0 Å². The minimum absolute atomic E-state index is 0. The van der Waals surface area contributed by atoms with Gasteiger partial charge in [0.25, 0.3) is 0 Å². The first-order chi connectivity index (χ1) is 4.74. The van der Waals surface area contributed by atoms with E-state index in [0.717, 1.165) is 0 Å². The minimum atomic E-state index is 0. The smallest absolute Gasteiger partial charge is 0.373 e. The number of hydrogen-bond donors (Lipinski definition) is 0. The van der Waals surface area contributed by atoms with Crippen molar-refractivity contribution in [2.75, 3.05) is 0 Å². The van der Waals surface area contributed by atoms with E-state index in [4.69, 9.17) is 27.7 Å². The number of nitrogens with zero attached hydrogens (tertiary/aromatic N) is 9. The normalized spacial score (nSPS) is 2.46. The summed E-state index contributed by atoms with van der Waals surface area (Å²) in [6.45, 7) is 0. The van der Waals surface area contributed by atoms with Gasteiger partial charge in [0.2, 0.25) is 0 Å². The van der Waals surface area contributed by atoms with Crippen molar-refractivity contribution in [1.82, 2.24) is 0 Å². The second-order valence-corrected chi connectivity index (χ2v) is 0.410. The van der Waals surface area contributed by atoms with Gasteiger partial charge in [-0.05, 0) is 10.4 Å². The molecule has 0 bridgehead atoms. The van der Waals surface area contributed by atoms with Gasteiger partial charge in [0.1, 0.15) is 0 Å². The van der Waals surface area contributed by atoms with E-state index in [-0.39, 0.29) is 62.0 Å². The van der Waals surface area contributed by atoms with Gasteiger partial charge in [0.15, 0.2) is 0 Å². The molecule has 0 unspecified atom stereocenters. The maximum absolute atomic E-state index is 7.27. The molecule has 0 atom stereocenters. The van der Waals surface area contributed by atoms with Gasteiger partial charge in [-0.15, -0.1) is 0 Å². The SMILES string of the molecule is [CH2-]N=[N+]=[N-].[CH3-].[Cd+2].[Cd+2].[N-]=[N+]=[N-].[N-]=[N+]=[N-]. The number of hydrogen-bond acceptors (Lipinski definition) is 1. The predicted molar refractivity (Wildman–Crippen MR) is 41.1 cm³/mol. The fourth-order valence-electron chi connectivity index (χ4n) is 0. The van der Waals surface area contributed by atoms with Gasteiger partial charge in [-0.2, -0.15) is 0 Å². The third-order valence-corrected chi connectivity index (χ3v) is 0.0632. The molecular formula is C2H5Cd2N9. The van der Waals surface area contributed by atoms with Crippen LogP contribution in [-0.4, -0.2) is 0 Å². The van der Waals surface area contributed by atoms with Crippen LogP contribution in [0.1, 0.15) is 0 Å². The summed E-state index contributed by atoms with van der Waals surface area (Å²) in [6, 6.07) is 0. The Bertz CT molecular complexity index is 146. The van der Waals surface area contributed by atoms with Crippen LogP contribution in [0.4, 0.5) is 0 Å². The zero-order chi connectivity index (χ0) is 8.83. The molecule has 0 amide bonds. The molecule has 0 heterocycles. The Labute approximate surface area is 116 Å². The second kappa shape index (κ2) is 99.3. The third-order valence-electron chi connectivity index (χ3n) is 0.0632. The van der Waals surface area contributed by atoms with Crippen molar-refractivity contribution in [2.24, 2.45) is 5.11 Å². The molecule has 0 aliphatic rings. The van der Waals surface area contributed by atoms with Crippen molar-refractivity contribution >= 4 is 0 Å². The molecule has 0 aliphatic heterocycles. The molecule has 11 heteroatoms. The van der Waals surface area contributed by atoms with Crippen molar-refractivity contribution in [3.8, 4) is 0 Å². The molecule has 0 saturated carbocycles. The van der Waals surface area contributed by atoms with Crippen molar-refractivity contribution in [3.05, 3.63) is 56.9 Å². The van der Waals surface area contributed by atoms with E-state index in [0.29, 0.717) is 0 Å². The Morgan fingerprint density at radius 1 is 0.846 bits per heavy atom. The first kappa shape index (κ1) is 38.8. The third kappa shape index (κ3) is 2610. The Morgan fingerprint density at radius 2 is 0.923 bits per heavy atom. The first-order valence-corrected chi connectivity index (χ1v) is 1.52. The molecule has 0 rings (SSSR count). The zero-order valence-corrected chi connectivity index (χ0v) is 15.2. The van der Waals surface area contributed by atoms with Gasteiger partial charge in [-0.1, -0.05) is 0 Å². The van der Waals surface area contributed by atoms with Crippen LogP contribution in [0.2, 0.25) is 0 Å². The van der Waals surface area contributed by atoms with Gasteiger partial charge < -0.3 is 36.6 Å². The Kier molecular flexibility index (Phi) is 297. The van der Waals surface area contributed by atoms with Crippen LogP contribution in [0.25, 0.3) is 42.4 Å². The standard InChI is InChI=1S/CH2N3.CH3.2Cd.2N3/c1-3-4-2;;;;2*1-3-2/h1H2;1H3;;;;/q2*-1;2*+2;2*-1.